The van der Waals surface area contributed by atoms with Crippen LogP contribution in [0.2, 0.25) is 0 Å². The fraction of sp³-hybridized carbons (Fsp3) is 0.182. The molecule has 0 bridgehead atoms. The van der Waals surface area contributed by atoms with E-state index in [2.05, 4.69) is 15.1 Å². The molecule has 80 valence electrons. The zero-order valence-corrected chi connectivity index (χ0v) is 8.65. The van der Waals surface area contributed by atoms with Gasteiger partial charge < -0.3 is 9.51 Å². The summed E-state index contributed by atoms with van der Waals surface area (Å²) in [6, 6.07) is 1.84. The van der Waals surface area contributed by atoms with Crippen LogP contribution in [0, 0.1) is 6.92 Å². The fourth-order valence-corrected chi connectivity index (χ4v) is 1.93. The molecule has 0 atom stereocenters. The van der Waals surface area contributed by atoms with Gasteiger partial charge in [0.05, 0.1) is 16.8 Å². The number of nitrogens with one attached hydrogen (secondary N) is 1. The molecule has 2 aromatic rings. The maximum Gasteiger partial charge on any atom is 0.257 e. The number of aromatic amines is 1. The minimum Gasteiger partial charge on any atom is -0.358 e. The van der Waals surface area contributed by atoms with Gasteiger partial charge in [0.25, 0.3) is 5.56 Å². The monoisotopic (exact) mass is 215 g/mol. The predicted molar refractivity (Wildman–Crippen MR) is 58.6 cm³/mol. The molecule has 0 aliphatic carbocycles. The topological polar surface area (TPSA) is 71.2 Å². The Hall–Kier alpha value is -2.17. The van der Waals surface area contributed by atoms with Crippen LogP contribution in [-0.4, -0.2) is 16.4 Å². The number of nitrogens with zero attached hydrogens (tertiary/aromatic N) is 2. The van der Waals surface area contributed by atoms with Gasteiger partial charge in [-0.2, -0.15) is 0 Å². The number of aromatic nitrogens is 2. The van der Waals surface area contributed by atoms with Gasteiger partial charge in [0.2, 0.25) is 0 Å². The number of pyridine rings is 1. The Balaban J connectivity index is 2.43. The highest BCUT2D eigenvalue weighted by Crippen LogP contribution is 2.30. The zero-order valence-electron chi connectivity index (χ0n) is 8.65. The number of aryl methyl sites for hydroxylation is 1. The van der Waals surface area contributed by atoms with Crippen LogP contribution in [-0.2, 0) is 6.54 Å². The Labute approximate surface area is 90.8 Å². The van der Waals surface area contributed by atoms with E-state index in [1.165, 1.54) is 0 Å². The fourth-order valence-electron chi connectivity index (χ4n) is 1.93. The normalized spacial score (nSPS) is 13.1. The Morgan fingerprint density at radius 3 is 3.25 bits per heavy atom. The second kappa shape index (κ2) is 3.16. The van der Waals surface area contributed by atoms with Crippen LogP contribution in [0.15, 0.2) is 26.6 Å². The molecule has 0 saturated heterocycles. The van der Waals surface area contributed by atoms with E-state index in [9.17, 15) is 4.79 Å². The van der Waals surface area contributed by atoms with Gasteiger partial charge in [-0.25, -0.2) is 0 Å². The van der Waals surface area contributed by atoms with Crippen molar-refractivity contribution in [2.75, 3.05) is 0 Å². The Morgan fingerprint density at radius 1 is 1.50 bits per heavy atom. The molecule has 0 spiro atoms. The highest BCUT2D eigenvalue weighted by molar-refractivity contribution is 5.91. The number of rotatable bonds is 0. The molecule has 0 amide bonds. The van der Waals surface area contributed by atoms with Gasteiger partial charge in [-0.05, 0) is 13.0 Å². The molecule has 1 N–H and O–H groups in total. The quantitative estimate of drug-likeness (QED) is 0.719. The first-order chi connectivity index (χ1) is 7.77. The Morgan fingerprint density at radius 2 is 2.38 bits per heavy atom. The van der Waals surface area contributed by atoms with Gasteiger partial charge in [-0.15, -0.1) is 0 Å². The summed E-state index contributed by atoms with van der Waals surface area (Å²) in [5, 5.41) is 3.91. The van der Waals surface area contributed by atoms with Crippen molar-refractivity contribution < 1.29 is 4.52 Å². The molecule has 5 heteroatoms. The van der Waals surface area contributed by atoms with E-state index in [0.717, 1.165) is 16.8 Å². The third-order valence-corrected chi connectivity index (χ3v) is 2.66. The molecule has 2 aromatic heterocycles. The molecule has 5 nitrogen and oxygen atoms in total. The summed E-state index contributed by atoms with van der Waals surface area (Å²) in [6.45, 7) is 2.28. The number of H-pyrrole nitrogens is 1. The first-order valence-corrected chi connectivity index (χ1v) is 4.94. The van der Waals surface area contributed by atoms with Crippen molar-refractivity contribution in [3.05, 3.63) is 39.6 Å². The maximum atomic E-state index is 11.7. The molecule has 16 heavy (non-hydrogen) atoms. The summed E-state index contributed by atoms with van der Waals surface area (Å²) >= 11 is 0. The molecule has 3 heterocycles. The van der Waals surface area contributed by atoms with Crippen molar-refractivity contribution in [1.82, 2.24) is 10.1 Å². The minimum absolute atomic E-state index is 0.144. The van der Waals surface area contributed by atoms with Crippen LogP contribution in [0.5, 0.6) is 0 Å². The molecular formula is C11H9N3O2. The van der Waals surface area contributed by atoms with Crippen LogP contribution < -0.4 is 5.56 Å². The lowest BCUT2D eigenvalue weighted by molar-refractivity contribution is 0.382. The molecule has 0 unspecified atom stereocenters. The van der Waals surface area contributed by atoms with E-state index < -0.39 is 0 Å². The van der Waals surface area contributed by atoms with Crippen LogP contribution in [0.25, 0.3) is 11.1 Å². The first-order valence-electron chi connectivity index (χ1n) is 4.94. The summed E-state index contributed by atoms with van der Waals surface area (Å²) in [6.07, 6.45) is 3.21. The van der Waals surface area contributed by atoms with Gasteiger partial charge in [-0.1, -0.05) is 5.16 Å². The van der Waals surface area contributed by atoms with E-state index in [-0.39, 0.29) is 5.56 Å². The first kappa shape index (κ1) is 9.08. The predicted octanol–water partition coefficient (Wildman–Crippen LogP) is 1.27. The highest BCUT2D eigenvalue weighted by atomic mass is 16.5. The van der Waals surface area contributed by atoms with E-state index in [1.807, 2.05) is 13.0 Å². The molecule has 3 rings (SSSR count). The van der Waals surface area contributed by atoms with Crippen molar-refractivity contribution in [3.63, 3.8) is 0 Å². The molecule has 1 aliphatic rings. The third-order valence-electron chi connectivity index (χ3n) is 2.66. The standard InChI is InChI=1S/C11H9N3O2/c1-6-10-7-2-3-13-11(15)8(7)4-12-5-9(10)16-14-6/h2-4H,5H2,1H3,(H,13,15). The lowest BCUT2D eigenvalue weighted by Crippen LogP contribution is -2.12. The second-order valence-corrected chi connectivity index (χ2v) is 3.67. The zero-order chi connectivity index (χ0) is 11.1. The van der Waals surface area contributed by atoms with Crippen molar-refractivity contribution >= 4 is 6.21 Å². The van der Waals surface area contributed by atoms with Crippen LogP contribution >= 0.6 is 0 Å². The highest BCUT2D eigenvalue weighted by Gasteiger charge is 2.20. The van der Waals surface area contributed by atoms with Crippen molar-refractivity contribution in [3.8, 4) is 11.1 Å². The number of fused-ring (bicyclic) bond motifs is 3. The van der Waals surface area contributed by atoms with Gasteiger partial charge in [0.1, 0.15) is 6.54 Å². The SMILES string of the molecule is Cc1noc2c1-c1cc[nH]c(=O)c1C=NC2. The summed E-state index contributed by atoms with van der Waals surface area (Å²) < 4.78 is 5.19. The molecule has 0 fully saturated rings. The largest absolute Gasteiger partial charge is 0.358 e. The van der Waals surface area contributed by atoms with Crippen molar-refractivity contribution in [1.29, 1.82) is 0 Å². The van der Waals surface area contributed by atoms with E-state index in [4.69, 9.17) is 4.52 Å². The molecule has 1 aliphatic heterocycles. The number of aliphatic imine (C=N–C) groups is 1. The second-order valence-electron chi connectivity index (χ2n) is 3.67. The minimum atomic E-state index is -0.144. The van der Waals surface area contributed by atoms with Gasteiger partial charge >= 0.3 is 0 Å². The van der Waals surface area contributed by atoms with E-state index in [0.29, 0.717) is 17.9 Å². The third kappa shape index (κ3) is 1.14. The van der Waals surface area contributed by atoms with E-state index >= 15 is 0 Å². The summed E-state index contributed by atoms with van der Waals surface area (Å²) in [5.74, 6) is 0.707. The van der Waals surface area contributed by atoms with Gasteiger partial charge in [0, 0.05) is 18.0 Å². The molecule has 0 aromatic carbocycles. The van der Waals surface area contributed by atoms with Crippen LogP contribution in [0.4, 0.5) is 0 Å². The Bertz CT molecular complexity index is 637. The lowest BCUT2D eigenvalue weighted by Gasteiger charge is -2.01. The number of hydrogen-bond donors (Lipinski definition) is 1. The van der Waals surface area contributed by atoms with Gasteiger partial charge in [0.15, 0.2) is 5.76 Å². The molecular weight excluding hydrogens is 206 g/mol. The van der Waals surface area contributed by atoms with Crippen LogP contribution in [0.3, 0.4) is 0 Å². The van der Waals surface area contributed by atoms with Crippen LogP contribution in [0.1, 0.15) is 17.0 Å². The molecule has 0 saturated carbocycles. The lowest BCUT2D eigenvalue weighted by atomic mass is 10.0. The van der Waals surface area contributed by atoms with Gasteiger partial charge in [-0.3, -0.25) is 9.79 Å². The average molecular weight is 215 g/mol. The Kier molecular flexibility index (Phi) is 1.80. The number of hydrogen-bond acceptors (Lipinski definition) is 4. The maximum absolute atomic E-state index is 11.7. The summed E-state index contributed by atoms with van der Waals surface area (Å²) in [7, 11) is 0. The summed E-state index contributed by atoms with van der Waals surface area (Å²) in [5.41, 5.74) is 2.92. The van der Waals surface area contributed by atoms with Crippen molar-refractivity contribution in [2.24, 2.45) is 4.99 Å². The average Bonchev–Trinajstić information content (AvgIpc) is 2.53. The molecule has 0 radical (unpaired) electrons. The van der Waals surface area contributed by atoms with Crippen molar-refractivity contribution in [2.45, 2.75) is 13.5 Å². The summed E-state index contributed by atoms with van der Waals surface area (Å²) in [4.78, 5) is 18.4. The smallest absolute Gasteiger partial charge is 0.257 e. The van der Waals surface area contributed by atoms with E-state index in [1.54, 1.807) is 12.4 Å².